The lowest BCUT2D eigenvalue weighted by Crippen LogP contribution is -2.26. The van der Waals surface area contributed by atoms with Crippen LogP contribution in [-0.4, -0.2) is 51.9 Å². The standard InChI is InChI=1S/C37H32ClN7O3S/c1-22-23(2)49-37-33(22)34(27-12-14-28(38)15-13-27)42-29(35-44-43-24(3)45(35)37)21-32(46)40-19-4-5-20-41-36(47)31-17-16-30(48-31)26-10-8-25(9-11-26)7-6-18-39/h8-17,29H,18-21,39H2,1-3H3,(H,40,46)(H,41,47)/t29-/m0/s1. The van der Waals surface area contributed by atoms with E-state index in [9.17, 15) is 9.59 Å². The number of hydrogen-bond acceptors (Lipinski definition) is 8. The van der Waals surface area contributed by atoms with Gasteiger partial charge >= 0.3 is 0 Å². The average molecular weight is 690 g/mol. The fourth-order valence-corrected chi connectivity index (χ4v) is 6.69. The van der Waals surface area contributed by atoms with Gasteiger partial charge in [-0.1, -0.05) is 59.5 Å². The van der Waals surface area contributed by atoms with Crippen LogP contribution < -0.4 is 16.4 Å². The van der Waals surface area contributed by atoms with E-state index in [4.69, 9.17) is 26.7 Å². The topological polar surface area (TPSA) is 140 Å². The minimum Gasteiger partial charge on any atom is -0.451 e. The van der Waals surface area contributed by atoms with Crippen molar-refractivity contribution in [2.24, 2.45) is 10.7 Å². The average Bonchev–Trinajstić information content (AvgIpc) is 3.80. The van der Waals surface area contributed by atoms with Crippen molar-refractivity contribution in [3.05, 3.63) is 110 Å². The number of halogens is 1. The first-order chi connectivity index (χ1) is 23.7. The van der Waals surface area contributed by atoms with Crippen molar-refractivity contribution in [2.75, 3.05) is 19.6 Å². The third kappa shape index (κ3) is 7.35. The first-order valence-corrected chi connectivity index (χ1v) is 16.7. The summed E-state index contributed by atoms with van der Waals surface area (Å²) in [5.74, 6) is 12.9. The van der Waals surface area contributed by atoms with Gasteiger partial charge in [-0.05, 0) is 62.7 Å². The van der Waals surface area contributed by atoms with Crippen molar-refractivity contribution in [3.8, 4) is 40.0 Å². The largest absolute Gasteiger partial charge is 0.451 e. The minimum atomic E-state index is -0.584. The quantitative estimate of drug-likeness (QED) is 0.198. The molecular weight excluding hydrogens is 658 g/mol. The van der Waals surface area contributed by atoms with Gasteiger partial charge in [0.2, 0.25) is 5.91 Å². The third-order valence-corrected chi connectivity index (χ3v) is 9.35. The minimum absolute atomic E-state index is 0.0469. The number of aryl methyl sites for hydroxylation is 2. The summed E-state index contributed by atoms with van der Waals surface area (Å²) >= 11 is 7.85. The number of aromatic nitrogens is 3. The highest BCUT2D eigenvalue weighted by atomic mass is 35.5. The second kappa shape index (κ2) is 14.8. The molecule has 10 nitrogen and oxygen atoms in total. The van der Waals surface area contributed by atoms with Gasteiger partial charge in [0.1, 0.15) is 22.6 Å². The molecule has 3 aromatic heterocycles. The molecule has 1 aliphatic rings. The van der Waals surface area contributed by atoms with Gasteiger partial charge in [0, 0.05) is 32.2 Å². The molecular formula is C37H32ClN7O3S. The normalized spacial score (nSPS) is 13.1. The number of hydrogen-bond donors (Lipinski definition) is 3. The number of fused-ring (bicyclic) bond motifs is 3. The molecule has 5 aromatic rings. The van der Waals surface area contributed by atoms with Crippen LogP contribution in [0.2, 0.25) is 5.02 Å². The number of furan rings is 1. The molecule has 6 rings (SSSR count). The lowest BCUT2D eigenvalue weighted by Gasteiger charge is -2.12. The van der Waals surface area contributed by atoms with Crippen LogP contribution in [0.3, 0.4) is 0 Å². The van der Waals surface area contributed by atoms with Crippen LogP contribution in [0.4, 0.5) is 0 Å². The summed E-state index contributed by atoms with van der Waals surface area (Å²) in [6.45, 7) is 6.54. The first-order valence-electron chi connectivity index (χ1n) is 15.5. The molecule has 4 N–H and O–H groups in total. The predicted molar refractivity (Wildman–Crippen MR) is 191 cm³/mol. The summed E-state index contributed by atoms with van der Waals surface area (Å²) in [4.78, 5) is 32.0. The number of carbonyl (C=O) groups excluding carboxylic acids is 2. The van der Waals surface area contributed by atoms with Gasteiger partial charge in [-0.25, -0.2) is 0 Å². The molecule has 0 saturated heterocycles. The van der Waals surface area contributed by atoms with E-state index in [1.54, 1.807) is 23.5 Å². The number of rotatable bonds is 7. The summed E-state index contributed by atoms with van der Waals surface area (Å²) in [6.07, 6.45) is 0.0469. The van der Waals surface area contributed by atoms with Gasteiger partial charge < -0.3 is 20.8 Å². The number of nitrogens with zero attached hydrogens (tertiary/aromatic N) is 4. The van der Waals surface area contributed by atoms with Crippen LogP contribution in [0.25, 0.3) is 16.3 Å². The number of amides is 2. The molecule has 0 unspecified atom stereocenters. The van der Waals surface area contributed by atoms with Gasteiger partial charge in [-0.2, -0.15) is 0 Å². The molecule has 0 saturated carbocycles. The van der Waals surface area contributed by atoms with Gasteiger partial charge in [-0.15, -0.1) is 21.5 Å². The molecule has 12 heteroatoms. The molecule has 49 heavy (non-hydrogen) atoms. The first kappa shape index (κ1) is 33.4. The van der Waals surface area contributed by atoms with Crippen LogP contribution in [0.15, 0.2) is 70.1 Å². The van der Waals surface area contributed by atoms with E-state index in [-0.39, 0.29) is 31.2 Å². The van der Waals surface area contributed by atoms with Crippen LogP contribution in [0, 0.1) is 44.5 Å². The van der Waals surface area contributed by atoms with Crippen molar-refractivity contribution < 1.29 is 14.0 Å². The van der Waals surface area contributed by atoms with Gasteiger partial charge in [-0.3, -0.25) is 19.1 Å². The molecule has 4 heterocycles. The molecule has 1 atom stereocenters. The van der Waals surface area contributed by atoms with E-state index in [2.05, 4.69) is 58.4 Å². The number of thiophene rings is 1. The monoisotopic (exact) mass is 689 g/mol. The van der Waals surface area contributed by atoms with Crippen molar-refractivity contribution in [1.82, 2.24) is 25.4 Å². The summed E-state index contributed by atoms with van der Waals surface area (Å²) in [5, 5.41) is 16.0. The molecule has 1 aliphatic heterocycles. The highest BCUT2D eigenvalue weighted by molar-refractivity contribution is 7.15. The summed E-state index contributed by atoms with van der Waals surface area (Å²) in [7, 11) is 0. The van der Waals surface area contributed by atoms with Gasteiger partial charge in [0.25, 0.3) is 5.91 Å². The smallest absolute Gasteiger partial charge is 0.287 e. The molecule has 0 fully saturated rings. The maximum atomic E-state index is 13.2. The predicted octanol–water partition coefficient (Wildman–Crippen LogP) is 5.31. The third-order valence-electron chi connectivity index (χ3n) is 7.91. The lowest BCUT2D eigenvalue weighted by molar-refractivity contribution is -0.121. The molecule has 2 amide bonds. The summed E-state index contributed by atoms with van der Waals surface area (Å²) in [6, 6.07) is 17.8. The SMILES string of the molecule is Cc1sc2c(c1C)C(c1ccc(Cl)cc1)=N[C@@H](CC(=O)NCC#CCNC(=O)c1ccc(-c3ccc(C#CCN)cc3)o1)c1nnc(C)n1-2. The fourth-order valence-electron chi connectivity index (χ4n) is 5.35. The van der Waals surface area contributed by atoms with E-state index in [1.165, 1.54) is 4.88 Å². The number of carbonyl (C=O) groups is 2. The zero-order valence-corrected chi connectivity index (χ0v) is 28.6. The van der Waals surface area contributed by atoms with Crippen molar-refractivity contribution >= 4 is 40.5 Å². The summed E-state index contributed by atoms with van der Waals surface area (Å²) < 4.78 is 7.74. The molecule has 246 valence electrons. The Kier molecular flexibility index (Phi) is 10.1. The fraction of sp³-hybridized carbons (Fsp3) is 0.216. The van der Waals surface area contributed by atoms with Crippen molar-refractivity contribution in [3.63, 3.8) is 0 Å². The Labute approximate surface area is 292 Å². The van der Waals surface area contributed by atoms with E-state index < -0.39 is 11.9 Å². The van der Waals surface area contributed by atoms with Crippen molar-refractivity contribution in [1.29, 1.82) is 0 Å². The maximum Gasteiger partial charge on any atom is 0.287 e. The zero-order chi connectivity index (χ0) is 34.5. The molecule has 2 aromatic carbocycles. The Hall–Kier alpha value is -5.46. The molecule has 0 radical (unpaired) electrons. The molecule has 0 aliphatic carbocycles. The zero-order valence-electron chi connectivity index (χ0n) is 27.1. The Bertz CT molecular complexity index is 2190. The second-order valence-electron chi connectivity index (χ2n) is 11.2. The maximum absolute atomic E-state index is 13.2. The molecule has 0 spiro atoms. The number of aliphatic imine (C=N–C) groups is 1. The Morgan fingerprint density at radius 1 is 0.939 bits per heavy atom. The van der Waals surface area contributed by atoms with Gasteiger partial charge in [0.05, 0.1) is 31.8 Å². The number of nitrogens with one attached hydrogen (secondary N) is 2. The van der Waals surface area contributed by atoms with Crippen LogP contribution in [0.1, 0.15) is 61.8 Å². The number of benzene rings is 2. The second-order valence-corrected chi connectivity index (χ2v) is 12.8. The van der Waals surface area contributed by atoms with E-state index >= 15 is 0 Å². The Morgan fingerprint density at radius 3 is 2.39 bits per heavy atom. The Morgan fingerprint density at radius 2 is 1.65 bits per heavy atom. The van der Waals surface area contributed by atoms with Gasteiger partial charge in [0.15, 0.2) is 11.6 Å². The highest BCUT2D eigenvalue weighted by Gasteiger charge is 2.32. The van der Waals surface area contributed by atoms with E-state index in [0.717, 1.165) is 44.4 Å². The van der Waals surface area contributed by atoms with E-state index in [1.807, 2.05) is 60.0 Å². The van der Waals surface area contributed by atoms with Crippen molar-refractivity contribution in [2.45, 2.75) is 33.2 Å². The van der Waals surface area contributed by atoms with Crippen LogP contribution in [0.5, 0.6) is 0 Å². The Balaban J connectivity index is 1.08. The summed E-state index contributed by atoms with van der Waals surface area (Å²) in [5.41, 5.74) is 10.9. The lowest BCUT2D eigenvalue weighted by atomic mass is 9.99. The van der Waals surface area contributed by atoms with Crippen LogP contribution >= 0.6 is 22.9 Å². The van der Waals surface area contributed by atoms with E-state index in [0.29, 0.717) is 23.2 Å². The van der Waals surface area contributed by atoms with Crippen LogP contribution in [-0.2, 0) is 4.79 Å². The highest BCUT2D eigenvalue weighted by Crippen LogP contribution is 2.39. The number of nitrogens with two attached hydrogens (primary N) is 1. The molecule has 0 bridgehead atoms.